The van der Waals surface area contributed by atoms with E-state index in [4.69, 9.17) is 49.3 Å². The van der Waals surface area contributed by atoms with Crippen LogP contribution in [0.15, 0.2) is 0 Å². The van der Waals surface area contributed by atoms with Crippen LogP contribution < -0.4 is 29.4 Å². The number of anilines is 6. The maximum absolute atomic E-state index is 7.27. The van der Waals surface area contributed by atoms with Gasteiger partial charge in [0.05, 0.1) is 24.4 Å². The van der Waals surface area contributed by atoms with E-state index in [1.54, 1.807) is 0 Å². The first-order chi connectivity index (χ1) is 52.1. The van der Waals surface area contributed by atoms with Gasteiger partial charge in [-0.2, -0.15) is 50.2 Å². The van der Waals surface area contributed by atoms with Crippen molar-refractivity contribution in [2.75, 3.05) is 82.8 Å². The monoisotopic (exact) mass is 1540 g/mol. The molecule has 4 aliphatic heterocycles. The summed E-state index contributed by atoms with van der Waals surface area (Å²) >= 11 is 0. The lowest BCUT2D eigenvalue weighted by Gasteiger charge is -2.57. The quantitative estimate of drug-likeness (QED) is 0.0590. The second-order valence-corrected chi connectivity index (χ2v) is 41.3. The average molecular weight is 1540 g/mol. The number of rotatable bonds is 37. The molecule has 2 aromatic rings. The summed E-state index contributed by atoms with van der Waals surface area (Å²) in [7, 11) is 4.45. The second-order valence-electron chi connectivity index (χ2n) is 41.3. The Morgan fingerprint density at radius 1 is 0.273 bits per heavy atom. The molecule has 0 aromatic carbocycles. The van der Waals surface area contributed by atoms with Crippen molar-refractivity contribution in [3.8, 4) is 0 Å². The van der Waals surface area contributed by atoms with E-state index in [9.17, 15) is 0 Å². The van der Waals surface area contributed by atoms with Crippen LogP contribution in [0.5, 0.6) is 0 Å². The number of unbranched alkanes of at least 4 members (excludes halogenated alkanes) is 7. The minimum atomic E-state index is -0.250. The van der Waals surface area contributed by atoms with Crippen molar-refractivity contribution < 1.29 is 19.4 Å². The molecule has 0 unspecified atom stereocenters. The zero-order valence-electron chi connectivity index (χ0n) is 74.9. The highest BCUT2D eigenvalue weighted by Crippen LogP contribution is 2.49. The van der Waals surface area contributed by atoms with Crippen molar-refractivity contribution in [3.63, 3.8) is 0 Å². The van der Waals surface area contributed by atoms with Crippen molar-refractivity contribution >= 4 is 35.7 Å². The van der Waals surface area contributed by atoms with Crippen LogP contribution in [0.25, 0.3) is 0 Å². The first kappa shape index (κ1) is 88.9. The summed E-state index contributed by atoms with van der Waals surface area (Å²) in [4.78, 5) is 78.5. The Kier molecular flexibility index (Phi) is 31.3. The molecule has 0 amide bonds. The van der Waals surface area contributed by atoms with Gasteiger partial charge in [-0.15, -0.1) is 0 Å². The van der Waals surface area contributed by atoms with Gasteiger partial charge in [-0.05, 0) is 252 Å². The molecule has 4 saturated heterocycles. The molecular formula is C90H166N16O4. The Labute approximate surface area is 672 Å². The lowest BCUT2D eigenvalue weighted by atomic mass is 9.78. The standard InChI is InChI=1S/C90H166N16O4/c1-23-27-55-97(21)77-91-78(98(22)69-61-83(5,6)103(84(7,8)62-69)107-73-47-37-33-38-48-73)93-80(92-77)101(71-65-87(13,14)105(88(15,16)66-71)109-75-51-41-35-42-52-75)59-45-31-32-46-60-102(72-67-89(17,18)106(90(19,20)68-72)110-76-53-43-36-44-54-76)82-95-79(99(56-28-24-2)57-29-25-3)94-81(96-82)100(58-30-26-4)70-63-85(9,10)104(86(11,12)64-70)108-74-49-39-34-40-50-74/h69-76H,23-68H2,1-22H3. The fraction of sp³-hybridized carbons (Fsp3) is 0.933. The maximum atomic E-state index is 7.27. The number of aromatic nitrogens is 6. The SMILES string of the molecule is CCCCN(C)c1nc(N(C)C2CC(C)(C)N(OC3CCCCC3)C(C)(C)C2)nc(N(CCCCCCN(c2nc(N(CCCC)CCCC)nc(N(CCCC)C3CC(C)(C)N(OC4CCCCC4)C(C)(C)C3)n2)C2CC(C)(C)N(OC3CCCCC3)C(C)(C)C2)C2CC(C)(C)N(OC3CCCCC3)C(C)(C)C2)n1. The third kappa shape index (κ3) is 22.8. The number of piperidine rings is 4. The van der Waals surface area contributed by atoms with Crippen LogP contribution in [0, 0.1) is 0 Å². The maximum Gasteiger partial charge on any atom is 0.232 e. The molecule has 6 heterocycles. The van der Waals surface area contributed by atoms with Gasteiger partial charge >= 0.3 is 0 Å². The molecule has 8 aliphatic rings. The molecule has 4 saturated carbocycles. The fourth-order valence-electron chi connectivity index (χ4n) is 22.0. The summed E-state index contributed by atoms with van der Waals surface area (Å²) in [5.74, 6) is 4.86. The van der Waals surface area contributed by atoms with Crippen molar-refractivity contribution in [3.05, 3.63) is 0 Å². The van der Waals surface area contributed by atoms with Gasteiger partial charge in [0.15, 0.2) is 0 Å². The van der Waals surface area contributed by atoms with Crippen LogP contribution in [-0.4, -0.2) is 196 Å². The first-order valence-corrected chi connectivity index (χ1v) is 46.0. The minimum absolute atomic E-state index is 0.159. The average Bonchev–Trinajstić information content (AvgIpc) is 0.762. The van der Waals surface area contributed by atoms with Crippen LogP contribution in [0.3, 0.4) is 0 Å². The normalized spacial score (nSPS) is 24.4. The fourth-order valence-corrected chi connectivity index (χ4v) is 22.0. The molecule has 20 heteroatoms. The molecule has 10 rings (SSSR count). The molecule has 4 aliphatic carbocycles. The Morgan fingerprint density at radius 2 is 0.509 bits per heavy atom. The van der Waals surface area contributed by atoms with Gasteiger partial charge in [-0.3, -0.25) is 19.4 Å². The lowest BCUT2D eigenvalue weighted by Crippen LogP contribution is -2.65. The molecule has 20 nitrogen and oxygen atoms in total. The molecule has 8 fully saturated rings. The van der Waals surface area contributed by atoms with Crippen LogP contribution >= 0.6 is 0 Å². The molecule has 630 valence electrons. The van der Waals surface area contributed by atoms with E-state index in [0.717, 1.165) is 255 Å². The third-order valence-electron chi connectivity index (χ3n) is 27.0. The van der Waals surface area contributed by atoms with E-state index in [0.29, 0.717) is 0 Å². The van der Waals surface area contributed by atoms with Gasteiger partial charge in [-0.25, -0.2) is 0 Å². The Bertz CT molecular complexity index is 3000. The Morgan fingerprint density at radius 3 is 0.809 bits per heavy atom. The van der Waals surface area contributed by atoms with Crippen LogP contribution in [-0.2, 0) is 19.4 Å². The number of nitrogens with zero attached hydrogens (tertiary/aromatic N) is 16. The van der Waals surface area contributed by atoms with E-state index < -0.39 is 0 Å². The van der Waals surface area contributed by atoms with E-state index >= 15 is 0 Å². The predicted molar refractivity (Wildman–Crippen MR) is 458 cm³/mol. The van der Waals surface area contributed by atoms with Crippen molar-refractivity contribution in [1.82, 2.24) is 50.2 Å². The second kappa shape index (κ2) is 38.7. The largest absolute Gasteiger partial charge is 0.344 e. The predicted octanol–water partition coefficient (Wildman–Crippen LogP) is 20.8. The van der Waals surface area contributed by atoms with Gasteiger partial charge in [0.1, 0.15) is 0 Å². The topological polar surface area (TPSA) is 147 Å². The van der Waals surface area contributed by atoms with E-state index in [1.165, 1.54) is 77.0 Å². The van der Waals surface area contributed by atoms with E-state index in [1.807, 2.05) is 0 Å². The van der Waals surface area contributed by atoms with Crippen LogP contribution in [0.1, 0.15) is 395 Å². The first-order valence-electron chi connectivity index (χ1n) is 46.0. The van der Waals surface area contributed by atoms with Gasteiger partial charge in [0.25, 0.3) is 0 Å². The molecule has 2 aromatic heterocycles. The molecule has 110 heavy (non-hydrogen) atoms. The minimum Gasteiger partial charge on any atom is -0.344 e. The van der Waals surface area contributed by atoms with E-state index in [-0.39, 0.29) is 92.9 Å². The Hall–Kier alpha value is -3.50. The summed E-state index contributed by atoms with van der Waals surface area (Å²) in [5, 5.41) is 9.72. The smallest absolute Gasteiger partial charge is 0.232 e. The van der Waals surface area contributed by atoms with Gasteiger partial charge in [-0.1, -0.05) is 143 Å². The lowest BCUT2D eigenvalue weighted by molar-refractivity contribution is -0.310. The summed E-state index contributed by atoms with van der Waals surface area (Å²) in [6.07, 6.45) is 45.8. The van der Waals surface area contributed by atoms with Crippen LogP contribution in [0.4, 0.5) is 35.7 Å². The van der Waals surface area contributed by atoms with Gasteiger partial charge in [0.2, 0.25) is 35.7 Å². The molecule has 0 spiro atoms. The van der Waals surface area contributed by atoms with Crippen molar-refractivity contribution in [2.45, 2.75) is 488 Å². The van der Waals surface area contributed by atoms with Gasteiger partial charge < -0.3 is 29.4 Å². The highest BCUT2D eigenvalue weighted by atomic mass is 16.7. The summed E-state index contributed by atoms with van der Waals surface area (Å²) < 4.78 is 0. The van der Waals surface area contributed by atoms with Crippen LogP contribution in [0.2, 0.25) is 0 Å². The molecule has 0 bridgehead atoms. The molecule has 0 radical (unpaired) electrons. The number of hydrogen-bond acceptors (Lipinski definition) is 20. The summed E-state index contributed by atoms with van der Waals surface area (Å²) in [6.45, 7) is 53.4. The van der Waals surface area contributed by atoms with Crippen molar-refractivity contribution in [1.29, 1.82) is 0 Å². The summed E-state index contributed by atoms with van der Waals surface area (Å²) in [5.41, 5.74) is -1.82. The number of hydrogen-bond donors (Lipinski definition) is 0. The third-order valence-corrected chi connectivity index (χ3v) is 27.0. The molecule has 0 N–H and O–H groups in total. The van der Waals surface area contributed by atoms with Gasteiger partial charge in [0, 0.05) is 122 Å². The van der Waals surface area contributed by atoms with Crippen molar-refractivity contribution in [2.24, 2.45) is 0 Å². The highest BCUT2D eigenvalue weighted by molar-refractivity contribution is 5.50. The zero-order chi connectivity index (χ0) is 79.5. The highest BCUT2D eigenvalue weighted by Gasteiger charge is 2.54. The summed E-state index contributed by atoms with van der Waals surface area (Å²) in [6, 6.07) is 0.712. The molecule has 0 atom stereocenters. The number of hydroxylamine groups is 8. The zero-order valence-corrected chi connectivity index (χ0v) is 74.9. The van der Waals surface area contributed by atoms with E-state index in [2.05, 4.69) is 202 Å². The Balaban J connectivity index is 0.993. The molecular weight excluding hydrogens is 1370 g/mol.